The van der Waals surface area contributed by atoms with E-state index in [1.807, 2.05) is 19.0 Å². The summed E-state index contributed by atoms with van der Waals surface area (Å²) in [6, 6.07) is 1.73. The fraction of sp³-hybridized carbons (Fsp3) is 0.667. The van der Waals surface area contributed by atoms with E-state index in [0.717, 1.165) is 6.54 Å². The van der Waals surface area contributed by atoms with Crippen LogP contribution in [-0.2, 0) is 6.54 Å². The zero-order valence-corrected chi connectivity index (χ0v) is 12.9. The van der Waals surface area contributed by atoms with Crippen molar-refractivity contribution in [2.45, 2.75) is 31.3 Å². The van der Waals surface area contributed by atoms with Crippen LogP contribution < -0.4 is 10.2 Å². The first kappa shape index (κ1) is 15.2. The molecule has 112 valence electrons. The molecule has 20 heavy (non-hydrogen) atoms. The Balaban J connectivity index is 2.17. The van der Waals surface area contributed by atoms with Gasteiger partial charge in [-0.3, -0.25) is 0 Å². The zero-order valence-electron chi connectivity index (χ0n) is 12.9. The van der Waals surface area contributed by atoms with Crippen molar-refractivity contribution in [3.05, 3.63) is 23.6 Å². The minimum atomic E-state index is -0.211. The van der Waals surface area contributed by atoms with E-state index >= 15 is 0 Å². The van der Waals surface area contributed by atoms with Gasteiger partial charge in [0.15, 0.2) is 11.6 Å². The van der Waals surface area contributed by atoms with Gasteiger partial charge in [-0.2, -0.15) is 0 Å². The molecule has 1 fully saturated rings. The summed E-state index contributed by atoms with van der Waals surface area (Å²) in [6.45, 7) is 1.33. The molecule has 0 saturated heterocycles. The van der Waals surface area contributed by atoms with Gasteiger partial charge in [0.1, 0.15) is 0 Å². The summed E-state index contributed by atoms with van der Waals surface area (Å²) < 4.78 is 14.5. The zero-order chi connectivity index (χ0) is 14.8. The van der Waals surface area contributed by atoms with Gasteiger partial charge in [-0.1, -0.05) is 0 Å². The van der Waals surface area contributed by atoms with E-state index in [-0.39, 0.29) is 11.4 Å². The molecule has 0 unspecified atom stereocenters. The summed E-state index contributed by atoms with van der Waals surface area (Å²) in [5.74, 6) is 0.239. The molecule has 0 atom stereocenters. The van der Waals surface area contributed by atoms with Crippen molar-refractivity contribution in [1.29, 1.82) is 0 Å². The Morgan fingerprint density at radius 2 is 2.05 bits per heavy atom. The van der Waals surface area contributed by atoms with Gasteiger partial charge in [0.2, 0.25) is 0 Å². The van der Waals surface area contributed by atoms with Crippen LogP contribution in [0.2, 0.25) is 0 Å². The maximum absolute atomic E-state index is 14.5. The quantitative estimate of drug-likeness (QED) is 0.862. The monoisotopic (exact) mass is 280 g/mol. The second kappa shape index (κ2) is 6.06. The van der Waals surface area contributed by atoms with E-state index in [4.69, 9.17) is 0 Å². The standard InChI is InChI=1S/C15H25FN4/c1-17-10-12-6-9-18-14(13(12)16)20(4)11-15(19(2)3)7-5-8-15/h6,9,17H,5,7-8,10-11H2,1-4H3. The fourth-order valence-corrected chi connectivity index (χ4v) is 2.91. The Bertz CT molecular complexity index is 457. The molecule has 0 aliphatic heterocycles. The third-order valence-corrected chi connectivity index (χ3v) is 4.44. The highest BCUT2D eigenvalue weighted by Gasteiger charge is 2.40. The maximum Gasteiger partial charge on any atom is 0.170 e. The van der Waals surface area contributed by atoms with Crippen LogP contribution in [0.25, 0.3) is 0 Å². The molecule has 2 rings (SSSR count). The van der Waals surface area contributed by atoms with Crippen LogP contribution in [0.1, 0.15) is 24.8 Å². The molecule has 0 radical (unpaired) electrons. The Labute approximate surface area is 121 Å². The van der Waals surface area contributed by atoms with E-state index in [2.05, 4.69) is 29.3 Å². The van der Waals surface area contributed by atoms with Gasteiger partial charge < -0.3 is 15.1 Å². The summed E-state index contributed by atoms with van der Waals surface area (Å²) in [5, 5.41) is 2.99. The van der Waals surface area contributed by atoms with Gasteiger partial charge in [-0.05, 0) is 46.5 Å². The maximum atomic E-state index is 14.5. The number of pyridine rings is 1. The highest BCUT2D eigenvalue weighted by atomic mass is 19.1. The molecular weight excluding hydrogens is 255 g/mol. The Morgan fingerprint density at radius 1 is 1.35 bits per heavy atom. The van der Waals surface area contributed by atoms with Crippen molar-refractivity contribution in [3.63, 3.8) is 0 Å². The van der Waals surface area contributed by atoms with Crippen molar-refractivity contribution in [3.8, 4) is 0 Å². The molecular formula is C15H25FN4. The lowest BCUT2D eigenvalue weighted by molar-refractivity contribution is 0.0680. The third kappa shape index (κ3) is 2.79. The number of hydrogen-bond donors (Lipinski definition) is 1. The second-order valence-corrected chi connectivity index (χ2v) is 5.97. The minimum Gasteiger partial charge on any atom is -0.355 e. The number of aromatic nitrogens is 1. The molecule has 0 aromatic carbocycles. The molecule has 5 heteroatoms. The summed E-state index contributed by atoms with van der Waals surface area (Å²) in [4.78, 5) is 8.45. The van der Waals surface area contributed by atoms with Gasteiger partial charge in [0.25, 0.3) is 0 Å². The highest BCUT2D eigenvalue weighted by molar-refractivity contribution is 5.43. The average Bonchev–Trinajstić information content (AvgIpc) is 2.36. The Morgan fingerprint density at radius 3 is 2.55 bits per heavy atom. The van der Waals surface area contributed by atoms with Crippen molar-refractivity contribution in [2.24, 2.45) is 0 Å². The van der Waals surface area contributed by atoms with Crippen LogP contribution in [0.15, 0.2) is 12.3 Å². The number of hydrogen-bond acceptors (Lipinski definition) is 4. The van der Waals surface area contributed by atoms with Crippen molar-refractivity contribution < 1.29 is 4.39 Å². The summed E-state index contributed by atoms with van der Waals surface area (Å²) >= 11 is 0. The Kier molecular flexibility index (Phi) is 4.60. The highest BCUT2D eigenvalue weighted by Crippen LogP contribution is 2.37. The lowest BCUT2D eigenvalue weighted by Gasteiger charge is -2.49. The van der Waals surface area contributed by atoms with E-state index < -0.39 is 0 Å². The van der Waals surface area contributed by atoms with Crippen molar-refractivity contribution >= 4 is 5.82 Å². The number of likely N-dealkylation sites (N-methyl/N-ethyl adjacent to an activating group) is 2. The van der Waals surface area contributed by atoms with Crippen LogP contribution >= 0.6 is 0 Å². The molecule has 1 saturated carbocycles. The molecule has 1 aromatic rings. The predicted octanol–water partition coefficient (Wildman–Crippen LogP) is 1.86. The first-order valence-corrected chi connectivity index (χ1v) is 7.17. The van der Waals surface area contributed by atoms with Crippen LogP contribution in [0.5, 0.6) is 0 Å². The van der Waals surface area contributed by atoms with Gasteiger partial charge in [0.05, 0.1) is 0 Å². The van der Waals surface area contributed by atoms with Crippen LogP contribution in [0.4, 0.5) is 10.2 Å². The predicted molar refractivity (Wildman–Crippen MR) is 80.5 cm³/mol. The van der Waals surface area contributed by atoms with Crippen molar-refractivity contribution in [2.75, 3.05) is 39.6 Å². The van der Waals surface area contributed by atoms with E-state index in [9.17, 15) is 4.39 Å². The first-order valence-electron chi connectivity index (χ1n) is 7.17. The lowest BCUT2D eigenvalue weighted by Crippen LogP contribution is -2.57. The number of rotatable bonds is 6. The van der Waals surface area contributed by atoms with Crippen molar-refractivity contribution in [1.82, 2.24) is 15.2 Å². The Hall–Kier alpha value is -1.20. The summed E-state index contributed by atoms with van der Waals surface area (Å²) in [6.07, 6.45) is 5.27. The number of nitrogens with zero attached hydrogens (tertiary/aromatic N) is 3. The molecule has 1 aliphatic rings. The van der Waals surface area contributed by atoms with Gasteiger partial charge in [0, 0.05) is 37.4 Å². The summed E-state index contributed by atoms with van der Waals surface area (Å²) in [5.41, 5.74) is 0.832. The average molecular weight is 280 g/mol. The smallest absolute Gasteiger partial charge is 0.170 e. The molecule has 1 N–H and O–H groups in total. The number of nitrogens with one attached hydrogen (secondary N) is 1. The third-order valence-electron chi connectivity index (χ3n) is 4.44. The molecule has 1 aliphatic carbocycles. The van der Waals surface area contributed by atoms with Crippen LogP contribution in [0.3, 0.4) is 0 Å². The number of halogens is 1. The molecule has 0 bridgehead atoms. The van der Waals surface area contributed by atoms with Crippen LogP contribution in [0, 0.1) is 5.82 Å². The normalized spacial score (nSPS) is 17.1. The molecule has 0 amide bonds. The summed E-state index contributed by atoms with van der Waals surface area (Å²) in [7, 11) is 7.96. The number of anilines is 1. The molecule has 1 heterocycles. The van der Waals surface area contributed by atoms with E-state index in [1.54, 1.807) is 12.3 Å². The first-order chi connectivity index (χ1) is 9.50. The van der Waals surface area contributed by atoms with Gasteiger partial charge >= 0.3 is 0 Å². The van der Waals surface area contributed by atoms with Crippen LogP contribution in [-0.4, -0.2) is 50.2 Å². The molecule has 0 spiro atoms. The minimum absolute atomic E-state index is 0.169. The SMILES string of the molecule is CNCc1ccnc(N(C)CC2(N(C)C)CCC2)c1F. The van der Waals surface area contributed by atoms with Gasteiger partial charge in [-0.15, -0.1) is 0 Å². The molecule has 4 nitrogen and oxygen atoms in total. The lowest BCUT2D eigenvalue weighted by atomic mass is 9.75. The van der Waals surface area contributed by atoms with Gasteiger partial charge in [-0.25, -0.2) is 9.37 Å². The second-order valence-electron chi connectivity index (χ2n) is 5.97. The molecule has 1 aromatic heterocycles. The van der Waals surface area contributed by atoms with E-state index in [1.165, 1.54) is 19.3 Å². The van der Waals surface area contributed by atoms with E-state index in [0.29, 0.717) is 17.9 Å². The largest absolute Gasteiger partial charge is 0.355 e. The fourth-order valence-electron chi connectivity index (χ4n) is 2.91. The topological polar surface area (TPSA) is 31.4 Å².